The molecule has 0 radical (unpaired) electrons. The molecule has 0 bridgehead atoms. The van der Waals surface area contributed by atoms with E-state index >= 15 is 0 Å². The highest BCUT2D eigenvalue weighted by Crippen LogP contribution is 2.19. The molecule has 1 aromatic heterocycles. The number of hydrogen-bond acceptors (Lipinski definition) is 3. The summed E-state index contributed by atoms with van der Waals surface area (Å²) in [5.41, 5.74) is 3.16. The molecule has 1 heterocycles. The first-order chi connectivity index (χ1) is 9.65. The highest BCUT2D eigenvalue weighted by atomic mass is 28.3. The molecule has 0 atom stereocenters. The summed E-state index contributed by atoms with van der Waals surface area (Å²) in [5.74, 6) is 0.961. The zero-order chi connectivity index (χ0) is 14.4. The molecule has 2 rings (SSSR count). The fourth-order valence-electron chi connectivity index (χ4n) is 1.80. The first-order valence-electron chi connectivity index (χ1n) is 6.82. The third kappa shape index (κ3) is 4.31. The summed E-state index contributed by atoms with van der Waals surface area (Å²) in [7, 11) is -1.09. The number of benzene rings is 1. The Bertz CT molecular complexity index is 579. The Kier molecular flexibility index (Phi) is 5.07. The van der Waals surface area contributed by atoms with E-state index in [1.54, 1.807) is 0 Å². The average molecular weight is 284 g/mol. The standard InChI is InChI=1S/C16H20N2OSi/c1-13-8-9-15(18-10-13)12-17-11-14-6-4-5-7-16(14)19-20(2)3/h4-10,12,20H,11H2,1-3H3. The Balaban J connectivity index is 2.05. The molecule has 104 valence electrons. The normalized spacial score (nSPS) is 11.2. The molecule has 1 aromatic carbocycles. The SMILES string of the molecule is Cc1ccc(C=NCc2ccccc2O[SiH](C)C)nc1. The lowest BCUT2D eigenvalue weighted by molar-refractivity contribution is 0.572. The summed E-state index contributed by atoms with van der Waals surface area (Å²) in [4.78, 5) is 8.76. The summed E-state index contributed by atoms with van der Waals surface area (Å²) in [6, 6.07) is 12.1. The van der Waals surface area contributed by atoms with E-state index < -0.39 is 9.04 Å². The molecular weight excluding hydrogens is 264 g/mol. The molecule has 4 heteroatoms. The van der Waals surface area contributed by atoms with Crippen LogP contribution in [-0.4, -0.2) is 20.2 Å². The van der Waals surface area contributed by atoms with Gasteiger partial charge < -0.3 is 4.43 Å². The van der Waals surface area contributed by atoms with Crippen LogP contribution in [0.3, 0.4) is 0 Å². The minimum Gasteiger partial charge on any atom is -0.547 e. The zero-order valence-electron chi connectivity index (χ0n) is 12.2. The lowest BCUT2D eigenvalue weighted by Gasteiger charge is -2.12. The van der Waals surface area contributed by atoms with Crippen LogP contribution in [0.15, 0.2) is 47.6 Å². The van der Waals surface area contributed by atoms with Gasteiger partial charge in [-0.25, -0.2) is 0 Å². The first kappa shape index (κ1) is 14.5. The van der Waals surface area contributed by atoms with Gasteiger partial charge in [0.15, 0.2) is 0 Å². The lowest BCUT2D eigenvalue weighted by Crippen LogP contribution is -2.12. The van der Waals surface area contributed by atoms with E-state index in [1.165, 1.54) is 0 Å². The van der Waals surface area contributed by atoms with Crippen molar-refractivity contribution >= 4 is 15.3 Å². The van der Waals surface area contributed by atoms with E-state index in [-0.39, 0.29) is 0 Å². The van der Waals surface area contributed by atoms with Gasteiger partial charge in [0.05, 0.1) is 12.2 Å². The number of hydrogen-bond donors (Lipinski definition) is 0. The van der Waals surface area contributed by atoms with Crippen LogP contribution in [0.5, 0.6) is 5.75 Å². The quantitative estimate of drug-likeness (QED) is 0.623. The van der Waals surface area contributed by atoms with Gasteiger partial charge in [-0.05, 0) is 37.7 Å². The van der Waals surface area contributed by atoms with Gasteiger partial charge in [-0.3, -0.25) is 9.98 Å². The van der Waals surface area contributed by atoms with Crippen LogP contribution in [-0.2, 0) is 6.54 Å². The Labute approximate surface area is 122 Å². The molecule has 0 aliphatic carbocycles. The Morgan fingerprint density at radius 3 is 2.70 bits per heavy atom. The number of aromatic nitrogens is 1. The van der Waals surface area contributed by atoms with Crippen molar-refractivity contribution in [1.29, 1.82) is 0 Å². The molecule has 0 aliphatic rings. The summed E-state index contributed by atoms with van der Waals surface area (Å²) in [5, 5.41) is 0. The predicted octanol–water partition coefficient (Wildman–Crippen LogP) is 3.37. The Hall–Kier alpha value is -1.94. The number of nitrogens with zero attached hydrogens (tertiary/aromatic N) is 2. The third-order valence-corrected chi connectivity index (χ3v) is 3.48. The smallest absolute Gasteiger partial charge is 0.229 e. The molecule has 20 heavy (non-hydrogen) atoms. The van der Waals surface area contributed by atoms with E-state index in [2.05, 4.69) is 29.1 Å². The number of pyridine rings is 1. The Morgan fingerprint density at radius 1 is 1.20 bits per heavy atom. The molecule has 0 aliphatic heterocycles. The molecule has 0 saturated heterocycles. The van der Waals surface area contributed by atoms with Gasteiger partial charge in [0.2, 0.25) is 9.04 Å². The van der Waals surface area contributed by atoms with Crippen molar-refractivity contribution in [3.63, 3.8) is 0 Å². The number of rotatable bonds is 5. The second-order valence-corrected chi connectivity index (χ2v) is 7.34. The number of aliphatic imine (C=N–C) groups is 1. The third-order valence-electron chi connectivity index (χ3n) is 2.75. The van der Waals surface area contributed by atoms with Crippen molar-refractivity contribution in [2.45, 2.75) is 26.6 Å². The van der Waals surface area contributed by atoms with Crippen molar-refractivity contribution in [2.24, 2.45) is 4.99 Å². The summed E-state index contributed by atoms with van der Waals surface area (Å²) < 4.78 is 5.91. The van der Waals surface area contributed by atoms with Gasteiger partial charge in [-0.15, -0.1) is 0 Å². The van der Waals surface area contributed by atoms with Crippen LogP contribution in [0.4, 0.5) is 0 Å². The number of aryl methyl sites for hydroxylation is 1. The summed E-state index contributed by atoms with van der Waals surface area (Å²) >= 11 is 0. The van der Waals surface area contributed by atoms with Crippen LogP contribution >= 0.6 is 0 Å². The van der Waals surface area contributed by atoms with Gasteiger partial charge in [0.25, 0.3) is 0 Å². The van der Waals surface area contributed by atoms with Gasteiger partial charge in [-0.1, -0.05) is 24.3 Å². The van der Waals surface area contributed by atoms with Crippen LogP contribution in [0.2, 0.25) is 13.1 Å². The molecule has 2 aromatic rings. The molecule has 0 unspecified atom stereocenters. The van der Waals surface area contributed by atoms with E-state index in [0.717, 1.165) is 22.6 Å². The van der Waals surface area contributed by atoms with Crippen molar-refractivity contribution in [2.75, 3.05) is 0 Å². The molecule has 0 fully saturated rings. The van der Waals surface area contributed by atoms with Gasteiger partial charge >= 0.3 is 0 Å². The highest BCUT2D eigenvalue weighted by molar-refractivity contribution is 6.49. The maximum atomic E-state index is 5.91. The molecule has 3 nitrogen and oxygen atoms in total. The first-order valence-corrected chi connectivity index (χ1v) is 9.60. The van der Waals surface area contributed by atoms with Crippen LogP contribution in [0.1, 0.15) is 16.8 Å². The molecule has 0 N–H and O–H groups in total. The molecule has 0 amide bonds. The molecule has 0 spiro atoms. The topological polar surface area (TPSA) is 34.5 Å². The minimum atomic E-state index is -1.09. The minimum absolute atomic E-state index is 0.618. The van der Waals surface area contributed by atoms with Crippen LogP contribution in [0.25, 0.3) is 0 Å². The second-order valence-electron chi connectivity index (χ2n) is 5.00. The van der Waals surface area contributed by atoms with E-state index in [1.807, 2.05) is 49.7 Å². The van der Waals surface area contributed by atoms with E-state index in [4.69, 9.17) is 4.43 Å². The van der Waals surface area contributed by atoms with Crippen molar-refractivity contribution < 1.29 is 4.43 Å². The maximum Gasteiger partial charge on any atom is 0.229 e. The molecular formula is C16H20N2OSi. The summed E-state index contributed by atoms with van der Waals surface area (Å²) in [6.07, 6.45) is 3.66. The van der Waals surface area contributed by atoms with Crippen LogP contribution < -0.4 is 4.43 Å². The average Bonchev–Trinajstić information content (AvgIpc) is 2.42. The fraction of sp³-hybridized carbons (Fsp3) is 0.250. The van der Waals surface area contributed by atoms with E-state index in [9.17, 15) is 0 Å². The van der Waals surface area contributed by atoms with Gasteiger partial charge in [0, 0.05) is 18.0 Å². The zero-order valence-corrected chi connectivity index (χ0v) is 13.4. The van der Waals surface area contributed by atoms with Gasteiger partial charge in [-0.2, -0.15) is 0 Å². The largest absolute Gasteiger partial charge is 0.547 e. The van der Waals surface area contributed by atoms with E-state index in [0.29, 0.717) is 6.54 Å². The number of para-hydroxylation sites is 1. The van der Waals surface area contributed by atoms with Crippen molar-refractivity contribution in [3.05, 3.63) is 59.4 Å². The van der Waals surface area contributed by atoms with Crippen molar-refractivity contribution in [1.82, 2.24) is 4.98 Å². The van der Waals surface area contributed by atoms with Crippen molar-refractivity contribution in [3.8, 4) is 5.75 Å². The lowest BCUT2D eigenvalue weighted by atomic mass is 10.2. The fourth-order valence-corrected chi connectivity index (χ4v) is 2.53. The molecule has 0 saturated carbocycles. The highest BCUT2D eigenvalue weighted by Gasteiger charge is 2.04. The predicted molar refractivity (Wildman–Crippen MR) is 86.2 cm³/mol. The van der Waals surface area contributed by atoms with Gasteiger partial charge in [0.1, 0.15) is 5.75 Å². The summed E-state index contributed by atoms with van der Waals surface area (Å²) in [6.45, 7) is 6.97. The Morgan fingerprint density at radius 2 is 2.00 bits per heavy atom. The maximum absolute atomic E-state index is 5.91. The second kappa shape index (κ2) is 7.00. The monoisotopic (exact) mass is 284 g/mol. The van der Waals surface area contributed by atoms with Crippen LogP contribution in [0, 0.1) is 6.92 Å².